The summed E-state index contributed by atoms with van der Waals surface area (Å²) < 4.78 is 1.99. The number of nitrogens with zero attached hydrogens (tertiary/aromatic N) is 1. The topological polar surface area (TPSA) is 42.0 Å². The molecule has 1 amide bonds. The maximum atomic E-state index is 12.4. The minimum atomic E-state index is -0.172. The number of carbonyl (C=O) groups excluding carboxylic acids is 1. The number of hydrogen-bond donors (Lipinski definition) is 1. The Kier molecular flexibility index (Phi) is 5.87. The highest BCUT2D eigenvalue weighted by molar-refractivity contribution is 8.00. The predicted octanol–water partition coefficient (Wildman–Crippen LogP) is 7.15. The maximum absolute atomic E-state index is 12.4. The Labute approximate surface area is 180 Å². The van der Waals surface area contributed by atoms with Crippen LogP contribution in [-0.4, -0.2) is 10.9 Å². The Morgan fingerprint density at radius 3 is 2.61 bits per heavy atom. The minimum absolute atomic E-state index is 0.172. The van der Waals surface area contributed by atoms with E-state index in [1.165, 1.54) is 0 Å². The van der Waals surface area contributed by atoms with Crippen LogP contribution in [0.5, 0.6) is 0 Å². The second-order valence-corrected chi connectivity index (χ2v) is 9.10. The number of thiazole rings is 1. The molecule has 3 aromatic carbocycles. The molecule has 1 N–H and O–H groups in total. The fraction of sp³-hybridized carbons (Fsp3) is 0.0476. The van der Waals surface area contributed by atoms with E-state index in [9.17, 15) is 4.79 Å². The highest BCUT2D eigenvalue weighted by atomic mass is 35.5. The number of benzene rings is 3. The van der Waals surface area contributed by atoms with Crippen LogP contribution < -0.4 is 5.32 Å². The number of thioether (sulfide) groups is 1. The first-order valence-electron chi connectivity index (χ1n) is 8.42. The molecule has 1 aromatic heterocycles. The molecule has 3 nitrogen and oxygen atoms in total. The van der Waals surface area contributed by atoms with E-state index in [0.29, 0.717) is 10.6 Å². The molecule has 1 heterocycles. The zero-order chi connectivity index (χ0) is 19.5. The van der Waals surface area contributed by atoms with E-state index in [0.717, 1.165) is 36.6 Å². The molecule has 0 fully saturated rings. The number of amides is 1. The van der Waals surface area contributed by atoms with Crippen molar-refractivity contribution < 1.29 is 4.79 Å². The lowest BCUT2D eigenvalue weighted by molar-refractivity contribution is 0.102. The van der Waals surface area contributed by atoms with Crippen molar-refractivity contribution in [2.24, 2.45) is 0 Å². The summed E-state index contributed by atoms with van der Waals surface area (Å²) in [6.07, 6.45) is 0. The number of anilines is 1. The van der Waals surface area contributed by atoms with E-state index < -0.39 is 0 Å². The number of rotatable bonds is 5. The smallest absolute Gasteiger partial charge is 0.255 e. The number of carbonyl (C=O) groups is 1. The van der Waals surface area contributed by atoms with E-state index in [1.54, 1.807) is 47.4 Å². The van der Waals surface area contributed by atoms with Crippen molar-refractivity contribution >= 4 is 68.1 Å². The Hall–Kier alpha value is -2.05. The van der Waals surface area contributed by atoms with Gasteiger partial charge in [-0.3, -0.25) is 4.79 Å². The van der Waals surface area contributed by atoms with Crippen LogP contribution in [0, 0.1) is 0 Å². The number of halogens is 2. The van der Waals surface area contributed by atoms with E-state index in [1.807, 2.05) is 42.5 Å². The van der Waals surface area contributed by atoms with Crippen molar-refractivity contribution in [1.82, 2.24) is 4.98 Å². The lowest BCUT2D eigenvalue weighted by atomic mass is 10.2. The standard InChI is InChI=1S/C21H14Cl2N2OS2/c22-15-7-5-13(6-8-15)20(26)24-16-9-10-18-19(11-16)28-21(25-18)27-12-14-3-1-2-4-17(14)23/h1-11H,12H2,(H,24,26). The molecule has 0 radical (unpaired) electrons. The Balaban J connectivity index is 1.47. The van der Waals surface area contributed by atoms with Crippen LogP contribution in [0.2, 0.25) is 10.0 Å². The summed E-state index contributed by atoms with van der Waals surface area (Å²) in [6, 6.07) is 20.3. The predicted molar refractivity (Wildman–Crippen MR) is 120 cm³/mol. The Morgan fingerprint density at radius 2 is 1.82 bits per heavy atom. The fourth-order valence-electron chi connectivity index (χ4n) is 2.60. The van der Waals surface area contributed by atoms with Gasteiger partial charge < -0.3 is 5.32 Å². The molecule has 0 unspecified atom stereocenters. The first-order chi connectivity index (χ1) is 13.6. The number of hydrogen-bond acceptors (Lipinski definition) is 4. The van der Waals surface area contributed by atoms with Crippen molar-refractivity contribution in [3.63, 3.8) is 0 Å². The van der Waals surface area contributed by atoms with Crippen molar-refractivity contribution in [2.75, 3.05) is 5.32 Å². The SMILES string of the molecule is O=C(Nc1ccc2nc(SCc3ccccc3Cl)sc2c1)c1ccc(Cl)cc1. The minimum Gasteiger partial charge on any atom is -0.322 e. The number of aromatic nitrogens is 1. The Morgan fingerprint density at radius 1 is 1.04 bits per heavy atom. The summed E-state index contributed by atoms with van der Waals surface area (Å²) in [7, 11) is 0. The third kappa shape index (κ3) is 4.50. The van der Waals surface area contributed by atoms with Gasteiger partial charge in [0.25, 0.3) is 5.91 Å². The van der Waals surface area contributed by atoms with E-state index in [-0.39, 0.29) is 5.91 Å². The summed E-state index contributed by atoms with van der Waals surface area (Å²) >= 11 is 15.3. The number of nitrogens with one attached hydrogen (secondary N) is 1. The molecule has 0 spiro atoms. The van der Waals surface area contributed by atoms with Gasteiger partial charge in [-0.25, -0.2) is 4.98 Å². The Bertz CT molecular complexity index is 1140. The van der Waals surface area contributed by atoms with Crippen LogP contribution in [0.3, 0.4) is 0 Å². The summed E-state index contributed by atoms with van der Waals surface area (Å²) in [6.45, 7) is 0. The normalized spacial score (nSPS) is 10.9. The van der Waals surface area contributed by atoms with Crippen molar-refractivity contribution in [2.45, 2.75) is 10.1 Å². The van der Waals surface area contributed by atoms with Gasteiger partial charge in [0.2, 0.25) is 0 Å². The van der Waals surface area contributed by atoms with Crippen molar-refractivity contribution in [1.29, 1.82) is 0 Å². The first kappa shape index (κ1) is 19.3. The average Bonchev–Trinajstić information content (AvgIpc) is 3.10. The third-order valence-electron chi connectivity index (χ3n) is 4.04. The van der Waals surface area contributed by atoms with E-state index in [4.69, 9.17) is 23.2 Å². The molecule has 0 atom stereocenters. The fourth-order valence-corrected chi connectivity index (χ4v) is 5.12. The molecule has 4 aromatic rings. The summed E-state index contributed by atoms with van der Waals surface area (Å²) in [5.74, 6) is 0.591. The monoisotopic (exact) mass is 444 g/mol. The van der Waals surface area contributed by atoms with Crippen molar-refractivity contribution in [3.8, 4) is 0 Å². The van der Waals surface area contributed by atoms with E-state index in [2.05, 4.69) is 10.3 Å². The molecule has 7 heteroatoms. The van der Waals surface area contributed by atoms with Gasteiger partial charge in [-0.1, -0.05) is 53.2 Å². The molecule has 4 rings (SSSR count). The quantitative estimate of drug-likeness (QED) is 0.332. The van der Waals surface area contributed by atoms with Gasteiger partial charge in [0.1, 0.15) is 0 Å². The average molecular weight is 445 g/mol. The molecule has 0 aliphatic rings. The molecule has 0 saturated carbocycles. The lowest BCUT2D eigenvalue weighted by Crippen LogP contribution is -2.11. The van der Waals surface area contributed by atoms with Crippen LogP contribution in [0.25, 0.3) is 10.2 Å². The zero-order valence-electron chi connectivity index (χ0n) is 14.5. The summed E-state index contributed by atoms with van der Waals surface area (Å²) in [5.41, 5.74) is 3.30. The van der Waals surface area contributed by atoms with Gasteiger partial charge in [-0.05, 0) is 54.1 Å². The van der Waals surface area contributed by atoms with Crippen LogP contribution in [0.4, 0.5) is 5.69 Å². The third-order valence-corrected chi connectivity index (χ3v) is 6.87. The van der Waals surface area contributed by atoms with Gasteiger partial charge in [0, 0.05) is 27.0 Å². The zero-order valence-corrected chi connectivity index (χ0v) is 17.6. The van der Waals surface area contributed by atoms with Gasteiger partial charge in [0.05, 0.1) is 10.2 Å². The van der Waals surface area contributed by atoms with Crippen LogP contribution in [0.1, 0.15) is 15.9 Å². The van der Waals surface area contributed by atoms with Gasteiger partial charge >= 0.3 is 0 Å². The molecular weight excluding hydrogens is 431 g/mol. The van der Waals surface area contributed by atoms with Crippen molar-refractivity contribution in [3.05, 3.63) is 87.9 Å². The van der Waals surface area contributed by atoms with Crippen LogP contribution in [0.15, 0.2) is 71.1 Å². The largest absolute Gasteiger partial charge is 0.322 e. The summed E-state index contributed by atoms with van der Waals surface area (Å²) in [4.78, 5) is 17.0. The second kappa shape index (κ2) is 8.53. The summed E-state index contributed by atoms with van der Waals surface area (Å²) in [5, 5.41) is 4.29. The lowest BCUT2D eigenvalue weighted by Gasteiger charge is -2.05. The van der Waals surface area contributed by atoms with Gasteiger partial charge in [0.15, 0.2) is 4.34 Å². The highest BCUT2D eigenvalue weighted by Crippen LogP contribution is 2.34. The number of fused-ring (bicyclic) bond motifs is 1. The van der Waals surface area contributed by atoms with Gasteiger partial charge in [-0.15, -0.1) is 11.3 Å². The molecule has 0 aliphatic heterocycles. The van der Waals surface area contributed by atoms with Gasteiger partial charge in [-0.2, -0.15) is 0 Å². The maximum Gasteiger partial charge on any atom is 0.255 e. The molecule has 28 heavy (non-hydrogen) atoms. The highest BCUT2D eigenvalue weighted by Gasteiger charge is 2.10. The molecular formula is C21H14Cl2N2OS2. The van der Waals surface area contributed by atoms with Crippen LogP contribution >= 0.6 is 46.3 Å². The molecule has 0 bridgehead atoms. The first-order valence-corrected chi connectivity index (χ1v) is 11.0. The molecule has 140 valence electrons. The molecule has 0 aliphatic carbocycles. The van der Waals surface area contributed by atoms with Crippen LogP contribution in [-0.2, 0) is 5.75 Å². The molecule has 0 saturated heterocycles. The second-order valence-electron chi connectivity index (χ2n) is 6.00. The van der Waals surface area contributed by atoms with E-state index >= 15 is 0 Å².